The van der Waals surface area contributed by atoms with E-state index < -0.39 is 5.41 Å². The summed E-state index contributed by atoms with van der Waals surface area (Å²) >= 11 is 0. The number of Topliss-reactive ketones (excluding diaryl/α,β-unsaturated/α-hetero) is 1. The summed E-state index contributed by atoms with van der Waals surface area (Å²) in [6, 6.07) is 12.6. The number of pyridine rings is 1. The van der Waals surface area contributed by atoms with Crippen molar-refractivity contribution in [1.29, 1.82) is 0 Å². The molecule has 1 N–H and O–H groups in total. The highest BCUT2D eigenvalue weighted by Crippen LogP contribution is 2.52. The summed E-state index contributed by atoms with van der Waals surface area (Å²) in [4.78, 5) is 17.5. The fourth-order valence-corrected chi connectivity index (χ4v) is 5.20. The normalized spacial score (nSPS) is 27.9. The number of allylic oxidation sites excluding steroid dienone is 2. The van der Waals surface area contributed by atoms with Crippen LogP contribution in [0.5, 0.6) is 0 Å². The van der Waals surface area contributed by atoms with Gasteiger partial charge in [-0.25, -0.2) is 0 Å². The van der Waals surface area contributed by atoms with Crippen LogP contribution < -0.4 is 5.32 Å². The van der Waals surface area contributed by atoms with Crippen molar-refractivity contribution in [2.75, 3.05) is 0 Å². The quantitative estimate of drug-likeness (QED) is 0.816. The van der Waals surface area contributed by atoms with E-state index in [0.717, 1.165) is 46.4 Å². The third-order valence-corrected chi connectivity index (χ3v) is 6.47. The van der Waals surface area contributed by atoms with Gasteiger partial charge in [0.05, 0.1) is 11.6 Å². The minimum Gasteiger partial charge on any atom is -0.362 e. The number of azo groups is 1. The van der Waals surface area contributed by atoms with Gasteiger partial charge in [-0.05, 0) is 53.6 Å². The molecule has 2 aliphatic heterocycles. The Labute approximate surface area is 170 Å². The molecule has 1 aromatic heterocycles. The highest BCUT2D eigenvalue weighted by molar-refractivity contribution is 6.01. The molecule has 0 spiro atoms. The first-order chi connectivity index (χ1) is 14.1. The van der Waals surface area contributed by atoms with E-state index in [0.29, 0.717) is 12.3 Å². The Hall–Kier alpha value is -3.08. The fraction of sp³-hybridized carbons (Fsp3) is 0.333. The Kier molecular flexibility index (Phi) is 4.19. The first kappa shape index (κ1) is 18.0. The first-order valence-corrected chi connectivity index (χ1v) is 10.3. The summed E-state index contributed by atoms with van der Waals surface area (Å²) in [6.45, 7) is 4.30. The zero-order chi connectivity index (χ0) is 20.0. The molecule has 5 nitrogen and oxygen atoms in total. The largest absolute Gasteiger partial charge is 0.362 e. The number of hydrogen-bond acceptors (Lipinski definition) is 5. The van der Waals surface area contributed by atoms with Crippen LogP contribution in [0.15, 0.2) is 82.1 Å². The summed E-state index contributed by atoms with van der Waals surface area (Å²) in [5.41, 5.74) is 5.93. The number of ketones is 1. The lowest BCUT2D eigenvalue weighted by Gasteiger charge is -2.46. The number of aromatic nitrogens is 1. The van der Waals surface area contributed by atoms with E-state index in [4.69, 9.17) is 0 Å². The van der Waals surface area contributed by atoms with Gasteiger partial charge >= 0.3 is 0 Å². The molecule has 0 radical (unpaired) electrons. The SMILES string of the molecule is CC[C@]1(c2cccc(-c3ccncc3)c2)C2=CN=NC2NC2=C1C(=O)C[C@@H](C)C2. The molecule has 1 aliphatic carbocycles. The van der Waals surface area contributed by atoms with Crippen LogP contribution in [-0.2, 0) is 10.2 Å². The second-order valence-electron chi connectivity index (χ2n) is 8.23. The second kappa shape index (κ2) is 6.76. The zero-order valence-corrected chi connectivity index (χ0v) is 16.7. The molecular weight excluding hydrogens is 360 g/mol. The molecule has 5 heteroatoms. The van der Waals surface area contributed by atoms with Crippen LogP contribution >= 0.6 is 0 Å². The number of nitrogens with zero attached hydrogens (tertiary/aromatic N) is 3. The molecular formula is C24H24N4O. The number of carbonyl (C=O) groups is 1. The molecule has 29 heavy (non-hydrogen) atoms. The molecule has 1 unspecified atom stereocenters. The maximum absolute atomic E-state index is 13.3. The topological polar surface area (TPSA) is 66.7 Å². The minimum atomic E-state index is -0.491. The predicted molar refractivity (Wildman–Crippen MR) is 112 cm³/mol. The Balaban J connectivity index is 1.74. The van der Waals surface area contributed by atoms with Gasteiger partial charge < -0.3 is 5.32 Å². The molecule has 3 heterocycles. The van der Waals surface area contributed by atoms with Crippen molar-refractivity contribution < 1.29 is 4.79 Å². The molecule has 5 rings (SSSR count). The van der Waals surface area contributed by atoms with E-state index in [9.17, 15) is 4.79 Å². The highest BCUT2D eigenvalue weighted by atomic mass is 16.1. The van der Waals surface area contributed by atoms with Crippen molar-refractivity contribution in [1.82, 2.24) is 10.3 Å². The number of carbonyl (C=O) groups excluding carboxylic acids is 1. The molecule has 0 fully saturated rings. The lowest BCUT2D eigenvalue weighted by atomic mass is 9.60. The summed E-state index contributed by atoms with van der Waals surface area (Å²) < 4.78 is 0. The van der Waals surface area contributed by atoms with Crippen molar-refractivity contribution in [2.45, 2.75) is 44.7 Å². The molecule has 0 saturated heterocycles. The van der Waals surface area contributed by atoms with E-state index in [1.807, 2.05) is 30.7 Å². The zero-order valence-electron chi connectivity index (χ0n) is 16.7. The summed E-state index contributed by atoms with van der Waals surface area (Å²) in [5.74, 6) is 0.587. The molecule has 0 amide bonds. The summed E-state index contributed by atoms with van der Waals surface area (Å²) in [7, 11) is 0. The van der Waals surface area contributed by atoms with Gasteiger partial charge in [0.25, 0.3) is 0 Å². The number of nitrogens with one attached hydrogen (secondary N) is 1. The minimum absolute atomic E-state index is 0.184. The van der Waals surface area contributed by atoms with Crippen molar-refractivity contribution in [2.24, 2.45) is 16.1 Å². The third kappa shape index (κ3) is 2.68. The van der Waals surface area contributed by atoms with Crippen LogP contribution in [0.3, 0.4) is 0 Å². The molecule has 1 aromatic carbocycles. The first-order valence-electron chi connectivity index (χ1n) is 10.3. The van der Waals surface area contributed by atoms with Crippen LogP contribution in [0.4, 0.5) is 0 Å². The Morgan fingerprint density at radius 3 is 2.76 bits per heavy atom. The molecule has 3 aliphatic rings. The number of fused-ring (bicyclic) bond motifs is 1. The van der Waals surface area contributed by atoms with Gasteiger partial charge in [-0.2, -0.15) is 10.2 Å². The number of rotatable bonds is 3. The smallest absolute Gasteiger partial charge is 0.164 e. The van der Waals surface area contributed by atoms with Gasteiger partial charge in [0.1, 0.15) is 0 Å². The Morgan fingerprint density at radius 1 is 1.14 bits per heavy atom. The molecule has 2 aromatic rings. The molecule has 146 valence electrons. The van der Waals surface area contributed by atoms with Gasteiger partial charge in [0.2, 0.25) is 0 Å². The average Bonchev–Trinajstić information content (AvgIpc) is 3.21. The van der Waals surface area contributed by atoms with Gasteiger partial charge in [-0.3, -0.25) is 9.78 Å². The summed E-state index contributed by atoms with van der Waals surface area (Å²) in [6.07, 6.45) is 7.56. The standard InChI is InChI=1S/C24H24N4O/c1-3-24(18-6-4-5-17(13-18)16-7-9-25-10-8-16)19-14-26-28-23(19)27-20-11-15(2)12-21(29)22(20)24/h4-10,13-15,23,27H,3,11-12H2,1-2H3/t15-,23?,24-/m0/s1. The van der Waals surface area contributed by atoms with Crippen LogP contribution in [0.2, 0.25) is 0 Å². The van der Waals surface area contributed by atoms with Crippen LogP contribution in [0.25, 0.3) is 11.1 Å². The predicted octanol–water partition coefficient (Wildman–Crippen LogP) is 4.93. The van der Waals surface area contributed by atoms with E-state index in [-0.39, 0.29) is 11.9 Å². The number of hydrogen-bond donors (Lipinski definition) is 1. The third-order valence-electron chi connectivity index (χ3n) is 6.47. The maximum atomic E-state index is 13.3. The number of benzene rings is 1. The van der Waals surface area contributed by atoms with Gasteiger partial charge in [0, 0.05) is 35.7 Å². The monoisotopic (exact) mass is 384 g/mol. The van der Waals surface area contributed by atoms with E-state index >= 15 is 0 Å². The lowest BCUT2D eigenvalue weighted by molar-refractivity contribution is -0.117. The maximum Gasteiger partial charge on any atom is 0.164 e. The van der Waals surface area contributed by atoms with Gasteiger partial charge in [-0.1, -0.05) is 32.0 Å². The molecule has 0 saturated carbocycles. The molecule has 3 atom stereocenters. The molecule has 0 bridgehead atoms. The van der Waals surface area contributed by atoms with E-state index in [2.05, 4.69) is 58.6 Å². The second-order valence-corrected chi connectivity index (χ2v) is 8.23. The van der Waals surface area contributed by atoms with Crippen molar-refractivity contribution in [3.63, 3.8) is 0 Å². The Bertz CT molecular complexity index is 1070. The summed E-state index contributed by atoms with van der Waals surface area (Å²) in [5, 5.41) is 12.2. The van der Waals surface area contributed by atoms with E-state index in [1.54, 1.807) is 0 Å². The van der Waals surface area contributed by atoms with Crippen molar-refractivity contribution in [3.8, 4) is 11.1 Å². The van der Waals surface area contributed by atoms with Gasteiger partial charge in [-0.15, -0.1) is 0 Å². The van der Waals surface area contributed by atoms with Crippen LogP contribution in [0.1, 0.15) is 38.7 Å². The fourth-order valence-electron chi connectivity index (χ4n) is 5.20. The van der Waals surface area contributed by atoms with Crippen molar-refractivity contribution in [3.05, 3.63) is 77.4 Å². The lowest BCUT2D eigenvalue weighted by Crippen LogP contribution is -2.50. The highest BCUT2D eigenvalue weighted by Gasteiger charge is 2.51. The van der Waals surface area contributed by atoms with E-state index in [1.165, 1.54) is 0 Å². The average molecular weight is 384 g/mol. The van der Waals surface area contributed by atoms with Crippen LogP contribution in [0, 0.1) is 5.92 Å². The Morgan fingerprint density at radius 2 is 1.97 bits per heavy atom. The van der Waals surface area contributed by atoms with Crippen molar-refractivity contribution >= 4 is 5.78 Å². The van der Waals surface area contributed by atoms with Gasteiger partial charge in [0.15, 0.2) is 11.9 Å². The van der Waals surface area contributed by atoms with Crippen LogP contribution in [-0.4, -0.2) is 16.9 Å².